The summed E-state index contributed by atoms with van der Waals surface area (Å²) >= 11 is 0. The van der Waals surface area contributed by atoms with Crippen molar-refractivity contribution in [2.75, 3.05) is 0 Å². The quantitative estimate of drug-likeness (QED) is 0.607. The van der Waals surface area contributed by atoms with Crippen molar-refractivity contribution in [3.05, 3.63) is 5.75 Å². The molecule has 0 aromatic carbocycles. The first-order valence-electron chi connectivity index (χ1n) is 3.07. The average Bonchev–Trinajstić information content (AvgIpc) is 1.86. The van der Waals surface area contributed by atoms with E-state index in [9.17, 15) is 8.42 Å². The number of hydrogen-bond donors (Lipinski definition) is 0. The lowest BCUT2D eigenvalue weighted by molar-refractivity contribution is 0.587. The summed E-state index contributed by atoms with van der Waals surface area (Å²) < 4.78 is 21.7. The van der Waals surface area contributed by atoms with E-state index in [0.29, 0.717) is 6.42 Å². The molecule has 0 saturated heterocycles. The molecule has 0 aliphatic rings. The number of hydrogen-bond acceptors (Lipinski definition) is 2. The predicted molar refractivity (Wildman–Crippen MR) is 38.6 cm³/mol. The van der Waals surface area contributed by atoms with Gasteiger partial charge in [-0.05, 0) is 20.3 Å². The molecule has 0 N–H and O–H groups in total. The first-order chi connectivity index (χ1) is 4.04. The summed E-state index contributed by atoms with van der Waals surface area (Å²) in [7, 11) is -2.87. The van der Waals surface area contributed by atoms with Crippen molar-refractivity contribution in [3.63, 3.8) is 0 Å². The molecular weight excluding hydrogens is 136 g/mol. The Morgan fingerprint density at radius 2 is 2.00 bits per heavy atom. The van der Waals surface area contributed by atoms with Gasteiger partial charge in [0.15, 0.2) is 9.84 Å². The van der Waals surface area contributed by atoms with Gasteiger partial charge < -0.3 is 0 Å². The van der Waals surface area contributed by atoms with Gasteiger partial charge in [-0.25, -0.2) is 8.42 Å². The fourth-order valence-corrected chi connectivity index (χ4v) is 1.39. The zero-order valence-corrected chi connectivity index (χ0v) is 6.90. The lowest BCUT2D eigenvalue weighted by Crippen LogP contribution is -2.15. The Bertz CT molecular complexity index is 158. The summed E-state index contributed by atoms with van der Waals surface area (Å²) in [6, 6.07) is 0. The third-order valence-corrected chi connectivity index (χ3v) is 3.58. The highest BCUT2D eigenvalue weighted by Crippen LogP contribution is 2.07. The van der Waals surface area contributed by atoms with Gasteiger partial charge in [0, 0.05) is 0 Å². The van der Waals surface area contributed by atoms with Gasteiger partial charge in [-0.3, -0.25) is 0 Å². The Balaban J connectivity index is 4.17. The molecule has 1 atom stereocenters. The summed E-state index contributed by atoms with van der Waals surface area (Å²) in [5, 5.41) is -0.220. The minimum Gasteiger partial charge on any atom is -0.228 e. The lowest BCUT2D eigenvalue weighted by atomic mass is 10.4. The van der Waals surface area contributed by atoms with Crippen molar-refractivity contribution in [1.29, 1.82) is 0 Å². The molecule has 0 aliphatic heterocycles. The van der Waals surface area contributed by atoms with E-state index in [0.717, 1.165) is 0 Å². The highest BCUT2D eigenvalue weighted by molar-refractivity contribution is 7.93. The van der Waals surface area contributed by atoms with Crippen LogP contribution < -0.4 is 0 Å². The van der Waals surface area contributed by atoms with Gasteiger partial charge in [0.2, 0.25) is 0 Å². The van der Waals surface area contributed by atoms with Crippen LogP contribution in [0.3, 0.4) is 0 Å². The van der Waals surface area contributed by atoms with Crippen LogP contribution in [-0.4, -0.2) is 13.7 Å². The Morgan fingerprint density at radius 1 is 1.56 bits per heavy atom. The molecule has 0 bridgehead atoms. The second-order valence-corrected chi connectivity index (χ2v) is 4.50. The molecule has 9 heavy (non-hydrogen) atoms. The second kappa shape index (κ2) is 3.20. The van der Waals surface area contributed by atoms with Crippen molar-refractivity contribution < 1.29 is 8.42 Å². The van der Waals surface area contributed by atoms with Gasteiger partial charge in [0.05, 0.1) is 11.0 Å². The van der Waals surface area contributed by atoms with Gasteiger partial charge in [0.25, 0.3) is 0 Å². The molecule has 0 heterocycles. The summed E-state index contributed by atoms with van der Waals surface area (Å²) in [6.07, 6.45) is 0.687. The van der Waals surface area contributed by atoms with E-state index < -0.39 is 9.84 Å². The Morgan fingerprint density at radius 3 is 2.11 bits per heavy atom. The van der Waals surface area contributed by atoms with Crippen LogP contribution in [0.5, 0.6) is 0 Å². The van der Waals surface area contributed by atoms with Crippen LogP contribution in [0.2, 0.25) is 0 Å². The van der Waals surface area contributed by atoms with Crippen LogP contribution in [0, 0.1) is 5.75 Å². The molecule has 2 nitrogen and oxygen atoms in total. The Labute approximate surface area is 57.2 Å². The topological polar surface area (TPSA) is 34.1 Å². The van der Waals surface area contributed by atoms with E-state index in [4.69, 9.17) is 0 Å². The second-order valence-electron chi connectivity index (χ2n) is 2.04. The molecule has 1 unspecified atom stereocenters. The fourth-order valence-electron chi connectivity index (χ4n) is 0.465. The van der Waals surface area contributed by atoms with E-state index in [1.807, 2.05) is 6.92 Å². The maximum atomic E-state index is 10.9. The number of sulfone groups is 1. The normalized spacial score (nSPS) is 15.4. The summed E-state index contributed by atoms with van der Waals surface area (Å²) in [5.74, 6) is 1.27. The molecule has 3 heteroatoms. The smallest absolute Gasteiger partial charge is 0.156 e. The average molecular weight is 149 g/mol. The molecule has 0 spiro atoms. The van der Waals surface area contributed by atoms with E-state index >= 15 is 0 Å². The van der Waals surface area contributed by atoms with Gasteiger partial charge in [-0.2, -0.15) is 0 Å². The molecule has 55 valence electrons. The fraction of sp³-hybridized carbons (Fsp3) is 0.833. The van der Waals surface area contributed by atoms with Gasteiger partial charge in [-0.15, -0.1) is 0 Å². The van der Waals surface area contributed by atoms with Crippen molar-refractivity contribution in [3.8, 4) is 0 Å². The van der Waals surface area contributed by atoms with Crippen LogP contribution in [0.25, 0.3) is 0 Å². The monoisotopic (exact) mass is 149 g/mol. The molecule has 0 aromatic heterocycles. The Kier molecular flexibility index (Phi) is 3.18. The maximum absolute atomic E-state index is 10.9. The molecule has 0 rings (SSSR count). The zero-order valence-electron chi connectivity index (χ0n) is 6.09. The zero-order chi connectivity index (χ0) is 7.49. The summed E-state index contributed by atoms with van der Waals surface area (Å²) in [4.78, 5) is 0. The van der Waals surface area contributed by atoms with Crippen molar-refractivity contribution >= 4 is 9.84 Å². The van der Waals surface area contributed by atoms with Crippen LogP contribution in [0.1, 0.15) is 27.2 Å². The first kappa shape index (κ1) is 8.95. The minimum atomic E-state index is -2.87. The molecule has 1 radical (unpaired) electrons. The lowest BCUT2D eigenvalue weighted by Gasteiger charge is -2.05. The van der Waals surface area contributed by atoms with Crippen LogP contribution in [0.4, 0.5) is 0 Å². The summed E-state index contributed by atoms with van der Waals surface area (Å²) in [6.45, 7) is 5.14. The van der Waals surface area contributed by atoms with Crippen LogP contribution in [0.15, 0.2) is 0 Å². The standard InChI is InChI=1S/C6H13O2S/c1-4-6(3)9(7,8)5-2/h5-6H,4H2,1-3H3. The van der Waals surface area contributed by atoms with E-state index in [2.05, 4.69) is 0 Å². The van der Waals surface area contributed by atoms with Gasteiger partial charge in [0.1, 0.15) is 0 Å². The van der Waals surface area contributed by atoms with E-state index in [1.165, 1.54) is 5.75 Å². The SMILES string of the molecule is C[CH]S(=O)(=O)C(C)CC. The molecule has 0 saturated carbocycles. The maximum Gasteiger partial charge on any atom is 0.156 e. The molecule has 0 fully saturated rings. The van der Waals surface area contributed by atoms with Crippen molar-refractivity contribution in [2.24, 2.45) is 0 Å². The van der Waals surface area contributed by atoms with Gasteiger partial charge in [-0.1, -0.05) is 6.92 Å². The van der Waals surface area contributed by atoms with E-state index in [-0.39, 0.29) is 5.25 Å². The third-order valence-electron chi connectivity index (χ3n) is 1.46. The van der Waals surface area contributed by atoms with Crippen LogP contribution >= 0.6 is 0 Å². The number of rotatable bonds is 3. The largest absolute Gasteiger partial charge is 0.228 e. The molecule has 0 aliphatic carbocycles. The third kappa shape index (κ3) is 2.35. The minimum absolute atomic E-state index is 0.220. The molecule has 0 aromatic rings. The van der Waals surface area contributed by atoms with E-state index in [1.54, 1.807) is 13.8 Å². The predicted octanol–water partition coefficient (Wildman–Crippen LogP) is 1.38. The summed E-state index contributed by atoms with van der Waals surface area (Å²) in [5.41, 5.74) is 0. The highest BCUT2D eigenvalue weighted by Gasteiger charge is 2.15. The van der Waals surface area contributed by atoms with Crippen molar-refractivity contribution in [2.45, 2.75) is 32.4 Å². The first-order valence-corrected chi connectivity index (χ1v) is 4.68. The van der Waals surface area contributed by atoms with Crippen molar-refractivity contribution in [1.82, 2.24) is 0 Å². The van der Waals surface area contributed by atoms with Gasteiger partial charge >= 0.3 is 0 Å². The molecular formula is C6H13O2S. The van der Waals surface area contributed by atoms with Crippen LogP contribution in [-0.2, 0) is 9.84 Å². The molecule has 0 amide bonds. The Hall–Kier alpha value is -0.0500. The highest BCUT2D eigenvalue weighted by atomic mass is 32.2.